The van der Waals surface area contributed by atoms with E-state index in [4.69, 9.17) is 4.74 Å². The number of methoxy groups -OCH3 is 1. The molecule has 1 fully saturated rings. The quantitative estimate of drug-likeness (QED) is 0.469. The zero-order valence-electron chi connectivity index (χ0n) is 13.2. The minimum atomic E-state index is -0.435. The van der Waals surface area contributed by atoms with Crippen molar-refractivity contribution in [1.82, 2.24) is 9.80 Å². The Hall–Kier alpha value is -1.86. The Labute approximate surface area is 131 Å². The van der Waals surface area contributed by atoms with E-state index < -0.39 is 4.92 Å². The molecule has 7 nitrogen and oxygen atoms in total. The third-order valence-corrected chi connectivity index (χ3v) is 3.95. The van der Waals surface area contributed by atoms with Crippen LogP contribution in [-0.4, -0.2) is 68.1 Å². The second kappa shape index (κ2) is 7.95. The fourth-order valence-corrected chi connectivity index (χ4v) is 2.55. The summed E-state index contributed by atoms with van der Waals surface area (Å²) >= 11 is 0. The number of nitro benzene ring substituents is 1. The van der Waals surface area contributed by atoms with Crippen LogP contribution in [0.15, 0.2) is 18.2 Å². The number of likely N-dealkylation sites (N-methyl/N-ethyl adjacent to an activating group) is 1. The maximum absolute atomic E-state index is 10.8. The van der Waals surface area contributed by atoms with Crippen LogP contribution >= 0.6 is 0 Å². The molecule has 1 N–H and O–H groups in total. The van der Waals surface area contributed by atoms with Crippen molar-refractivity contribution in [3.8, 4) is 5.75 Å². The summed E-state index contributed by atoms with van der Waals surface area (Å²) < 4.78 is 5.06. The van der Waals surface area contributed by atoms with Gasteiger partial charge >= 0.3 is 5.69 Å². The van der Waals surface area contributed by atoms with E-state index in [2.05, 4.69) is 22.2 Å². The molecule has 1 aliphatic heterocycles. The minimum Gasteiger partial charge on any atom is -0.490 e. The van der Waals surface area contributed by atoms with E-state index in [1.54, 1.807) is 12.1 Å². The average molecular weight is 308 g/mol. The molecule has 0 bridgehead atoms. The van der Waals surface area contributed by atoms with Gasteiger partial charge < -0.3 is 19.9 Å². The summed E-state index contributed by atoms with van der Waals surface area (Å²) in [6.45, 7) is 6.43. The molecule has 0 aromatic heterocycles. The van der Waals surface area contributed by atoms with Crippen LogP contribution in [0.5, 0.6) is 5.75 Å². The lowest BCUT2D eigenvalue weighted by atomic mass is 10.2. The summed E-state index contributed by atoms with van der Waals surface area (Å²) in [6, 6.07) is 4.87. The number of nitrogens with zero attached hydrogens (tertiary/aromatic N) is 3. The SMILES string of the molecule is COc1cc(NCCCN2CCN(C)CC2)ccc1[N+](=O)[O-]. The van der Waals surface area contributed by atoms with Crippen molar-refractivity contribution in [3.05, 3.63) is 28.3 Å². The molecule has 0 radical (unpaired) electrons. The van der Waals surface area contributed by atoms with Gasteiger partial charge in [-0.2, -0.15) is 0 Å². The Bertz CT molecular complexity index is 502. The molecule has 1 heterocycles. The van der Waals surface area contributed by atoms with Crippen LogP contribution in [0.1, 0.15) is 6.42 Å². The number of rotatable bonds is 7. The third-order valence-electron chi connectivity index (χ3n) is 3.95. The Morgan fingerprint density at radius 2 is 2.05 bits per heavy atom. The highest BCUT2D eigenvalue weighted by molar-refractivity contribution is 5.57. The lowest BCUT2D eigenvalue weighted by Gasteiger charge is -2.32. The van der Waals surface area contributed by atoms with E-state index in [1.807, 2.05) is 0 Å². The maximum atomic E-state index is 10.8. The van der Waals surface area contributed by atoms with Gasteiger partial charge in [0.15, 0.2) is 5.75 Å². The molecule has 122 valence electrons. The highest BCUT2D eigenvalue weighted by atomic mass is 16.6. The Balaban J connectivity index is 1.76. The maximum Gasteiger partial charge on any atom is 0.311 e. The van der Waals surface area contributed by atoms with Gasteiger partial charge in [0, 0.05) is 50.5 Å². The summed E-state index contributed by atoms with van der Waals surface area (Å²) in [7, 11) is 3.60. The molecule has 1 aromatic carbocycles. The molecule has 0 spiro atoms. The van der Waals surface area contributed by atoms with Gasteiger partial charge in [0.25, 0.3) is 0 Å². The number of nitro groups is 1. The first kappa shape index (κ1) is 16.5. The van der Waals surface area contributed by atoms with E-state index in [0.717, 1.165) is 51.4 Å². The van der Waals surface area contributed by atoms with Crippen LogP contribution in [0.25, 0.3) is 0 Å². The second-order valence-electron chi connectivity index (χ2n) is 5.57. The number of piperazine rings is 1. The van der Waals surface area contributed by atoms with Crippen molar-refractivity contribution < 1.29 is 9.66 Å². The van der Waals surface area contributed by atoms with Crippen LogP contribution in [0.4, 0.5) is 11.4 Å². The number of ether oxygens (including phenoxy) is 1. The first-order chi connectivity index (χ1) is 10.6. The van der Waals surface area contributed by atoms with Crippen LogP contribution in [0, 0.1) is 10.1 Å². The number of hydrogen-bond acceptors (Lipinski definition) is 6. The molecule has 7 heteroatoms. The van der Waals surface area contributed by atoms with E-state index in [0.29, 0.717) is 0 Å². The van der Waals surface area contributed by atoms with Crippen molar-refractivity contribution in [2.24, 2.45) is 0 Å². The zero-order chi connectivity index (χ0) is 15.9. The van der Waals surface area contributed by atoms with Crippen LogP contribution in [0.3, 0.4) is 0 Å². The summed E-state index contributed by atoms with van der Waals surface area (Å²) in [6.07, 6.45) is 1.04. The number of nitrogens with one attached hydrogen (secondary N) is 1. The molecule has 1 aliphatic rings. The summed E-state index contributed by atoms with van der Waals surface area (Å²) in [5.74, 6) is 0.286. The highest BCUT2D eigenvalue weighted by Crippen LogP contribution is 2.29. The van der Waals surface area contributed by atoms with Crippen molar-refractivity contribution in [3.63, 3.8) is 0 Å². The molecular formula is C15H24N4O3. The predicted molar refractivity (Wildman–Crippen MR) is 86.7 cm³/mol. The van der Waals surface area contributed by atoms with Crippen molar-refractivity contribution in [1.29, 1.82) is 0 Å². The molecule has 22 heavy (non-hydrogen) atoms. The van der Waals surface area contributed by atoms with Crippen LogP contribution in [0.2, 0.25) is 0 Å². The summed E-state index contributed by atoms with van der Waals surface area (Å²) in [5.41, 5.74) is 0.839. The third kappa shape index (κ3) is 4.57. The first-order valence-electron chi connectivity index (χ1n) is 7.57. The van der Waals surface area contributed by atoms with Gasteiger partial charge in [0.05, 0.1) is 12.0 Å². The molecule has 0 aliphatic carbocycles. The monoisotopic (exact) mass is 308 g/mol. The number of hydrogen-bond donors (Lipinski definition) is 1. The van der Waals surface area contributed by atoms with Gasteiger partial charge in [-0.25, -0.2) is 0 Å². The normalized spacial score (nSPS) is 16.5. The standard InChI is InChI=1S/C15H24N4O3/c1-17-8-10-18(11-9-17)7-3-6-16-13-4-5-14(19(20)21)15(12-13)22-2/h4-5,12,16H,3,6-11H2,1-2H3. The van der Waals surface area contributed by atoms with E-state index in [1.165, 1.54) is 13.2 Å². The molecule has 0 unspecified atom stereocenters. The average Bonchev–Trinajstić information content (AvgIpc) is 2.52. The van der Waals surface area contributed by atoms with E-state index in [-0.39, 0.29) is 11.4 Å². The van der Waals surface area contributed by atoms with Gasteiger partial charge in [-0.15, -0.1) is 0 Å². The van der Waals surface area contributed by atoms with Gasteiger partial charge in [-0.3, -0.25) is 10.1 Å². The fourth-order valence-electron chi connectivity index (χ4n) is 2.55. The molecule has 0 saturated carbocycles. The summed E-state index contributed by atoms with van der Waals surface area (Å²) in [4.78, 5) is 15.2. The Morgan fingerprint density at radius 3 is 2.68 bits per heavy atom. The van der Waals surface area contributed by atoms with Crippen molar-refractivity contribution in [2.75, 3.05) is 58.7 Å². The Morgan fingerprint density at radius 1 is 1.32 bits per heavy atom. The lowest BCUT2D eigenvalue weighted by Crippen LogP contribution is -2.44. The predicted octanol–water partition coefficient (Wildman–Crippen LogP) is 1.65. The topological polar surface area (TPSA) is 70.9 Å². The van der Waals surface area contributed by atoms with Crippen molar-refractivity contribution >= 4 is 11.4 Å². The zero-order valence-corrected chi connectivity index (χ0v) is 13.2. The van der Waals surface area contributed by atoms with Crippen LogP contribution < -0.4 is 10.1 Å². The van der Waals surface area contributed by atoms with Gasteiger partial charge in [-0.05, 0) is 26.1 Å². The molecular weight excluding hydrogens is 284 g/mol. The van der Waals surface area contributed by atoms with Gasteiger partial charge in [-0.1, -0.05) is 0 Å². The molecule has 1 aromatic rings. The molecule has 1 saturated heterocycles. The van der Waals surface area contributed by atoms with E-state index >= 15 is 0 Å². The first-order valence-corrected chi connectivity index (χ1v) is 7.57. The smallest absolute Gasteiger partial charge is 0.311 e. The number of benzene rings is 1. The van der Waals surface area contributed by atoms with Crippen LogP contribution in [-0.2, 0) is 0 Å². The molecule has 2 rings (SSSR count). The number of anilines is 1. The highest BCUT2D eigenvalue weighted by Gasteiger charge is 2.15. The molecule has 0 atom stereocenters. The van der Waals surface area contributed by atoms with E-state index in [9.17, 15) is 10.1 Å². The largest absolute Gasteiger partial charge is 0.490 e. The Kier molecular flexibility index (Phi) is 5.97. The summed E-state index contributed by atoms with van der Waals surface area (Å²) in [5, 5.41) is 14.1. The minimum absolute atomic E-state index is 0.00881. The lowest BCUT2D eigenvalue weighted by molar-refractivity contribution is -0.385. The van der Waals surface area contributed by atoms with Gasteiger partial charge in [0.1, 0.15) is 0 Å². The van der Waals surface area contributed by atoms with Crippen molar-refractivity contribution in [2.45, 2.75) is 6.42 Å². The fraction of sp³-hybridized carbons (Fsp3) is 0.600. The second-order valence-corrected chi connectivity index (χ2v) is 5.57. The van der Waals surface area contributed by atoms with Gasteiger partial charge in [0.2, 0.25) is 0 Å². The molecule has 0 amide bonds.